The van der Waals surface area contributed by atoms with Gasteiger partial charge in [0.1, 0.15) is 5.75 Å². The summed E-state index contributed by atoms with van der Waals surface area (Å²) in [5.41, 5.74) is 5.62. The lowest BCUT2D eigenvalue weighted by Gasteiger charge is -2.19. The molecule has 2 aromatic carbocycles. The molecule has 1 aliphatic heterocycles. The van der Waals surface area contributed by atoms with Crippen LogP contribution in [0, 0.1) is 17.8 Å². The minimum Gasteiger partial charge on any atom is -0.493 e. The van der Waals surface area contributed by atoms with E-state index in [1.807, 2.05) is 31.2 Å². The molecule has 1 unspecified atom stereocenters. The van der Waals surface area contributed by atoms with Crippen LogP contribution in [0.3, 0.4) is 0 Å². The van der Waals surface area contributed by atoms with E-state index in [4.69, 9.17) is 9.47 Å². The van der Waals surface area contributed by atoms with Gasteiger partial charge in [-0.3, -0.25) is 4.79 Å². The molecule has 0 fully saturated rings. The number of fused-ring (bicyclic) bond motifs is 1. The lowest BCUT2D eigenvalue weighted by Crippen LogP contribution is -2.15. The smallest absolute Gasteiger partial charge is 0.313 e. The van der Waals surface area contributed by atoms with Gasteiger partial charge in [0.15, 0.2) is 0 Å². The van der Waals surface area contributed by atoms with Crippen LogP contribution in [0.4, 0.5) is 0 Å². The number of rotatable bonds is 9. The first-order valence-electron chi connectivity index (χ1n) is 12.6. The number of benzene rings is 2. The molecule has 0 saturated carbocycles. The fourth-order valence-corrected chi connectivity index (χ4v) is 4.36. The van der Waals surface area contributed by atoms with Crippen LogP contribution in [0.25, 0.3) is 0 Å². The molecule has 3 rings (SSSR count). The van der Waals surface area contributed by atoms with Crippen LogP contribution in [0.5, 0.6) is 5.75 Å². The van der Waals surface area contributed by atoms with Crippen LogP contribution in [-0.4, -0.2) is 19.2 Å². The largest absolute Gasteiger partial charge is 0.493 e. The van der Waals surface area contributed by atoms with Crippen molar-refractivity contribution < 1.29 is 14.3 Å². The summed E-state index contributed by atoms with van der Waals surface area (Å²) in [7, 11) is 0. The van der Waals surface area contributed by atoms with E-state index in [0.717, 1.165) is 67.6 Å². The maximum absolute atomic E-state index is 12.4. The Balaban J connectivity index is 1.82. The normalized spacial score (nSPS) is 13.5. The minimum atomic E-state index is -0.204. The molecule has 0 saturated heterocycles. The molecular weight excluding hydrogens is 408 g/mol. The van der Waals surface area contributed by atoms with Crippen LogP contribution in [-0.2, 0) is 22.4 Å². The number of aryl methyl sites for hydroxylation is 2. The number of ether oxygens (including phenoxy) is 2. The topological polar surface area (TPSA) is 35.5 Å². The molecule has 0 spiro atoms. The van der Waals surface area contributed by atoms with Gasteiger partial charge in [-0.2, -0.15) is 0 Å². The van der Waals surface area contributed by atoms with E-state index in [-0.39, 0.29) is 11.9 Å². The van der Waals surface area contributed by atoms with Gasteiger partial charge in [-0.1, -0.05) is 57.6 Å². The van der Waals surface area contributed by atoms with Crippen molar-refractivity contribution in [3.05, 3.63) is 64.2 Å². The summed E-state index contributed by atoms with van der Waals surface area (Å²) in [6.45, 7) is 9.70. The van der Waals surface area contributed by atoms with Crippen molar-refractivity contribution in [1.29, 1.82) is 0 Å². The van der Waals surface area contributed by atoms with Gasteiger partial charge in [0.05, 0.1) is 19.1 Å². The van der Waals surface area contributed by atoms with Crippen molar-refractivity contribution in [1.82, 2.24) is 0 Å². The molecule has 33 heavy (non-hydrogen) atoms. The van der Waals surface area contributed by atoms with E-state index < -0.39 is 0 Å². The lowest BCUT2D eigenvalue weighted by atomic mass is 9.93. The molecule has 3 heteroatoms. The van der Waals surface area contributed by atoms with Crippen LogP contribution >= 0.6 is 0 Å². The van der Waals surface area contributed by atoms with Crippen molar-refractivity contribution in [2.45, 2.75) is 78.6 Å². The number of carbonyl (C=O) groups is 1. The van der Waals surface area contributed by atoms with Gasteiger partial charge in [0.25, 0.3) is 0 Å². The lowest BCUT2D eigenvalue weighted by molar-refractivity contribution is -0.145. The molecule has 2 aromatic rings. The molecule has 1 heterocycles. The van der Waals surface area contributed by atoms with E-state index in [1.165, 1.54) is 17.5 Å². The average Bonchev–Trinajstić information content (AvgIpc) is 2.81. The summed E-state index contributed by atoms with van der Waals surface area (Å²) in [5.74, 6) is 8.19. The summed E-state index contributed by atoms with van der Waals surface area (Å²) in [5, 5.41) is 0. The minimum absolute atomic E-state index is 0.138. The highest BCUT2D eigenvalue weighted by molar-refractivity contribution is 5.78. The van der Waals surface area contributed by atoms with E-state index in [2.05, 4.69) is 44.7 Å². The second-order valence-corrected chi connectivity index (χ2v) is 9.32. The van der Waals surface area contributed by atoms with E-state index >= 15 is 0 Å². The van der Waals surface area contributed by atoms with Gasteiger partial charge in [-0.05, 0) is 85.9 Å². The van der Waals surface area contributed by atoms with E-state index in [1.54, 1.807) is 0 Å². The van der Waals surface area contributed by atoms with Crippen molar-refractivity contribution in [2.75, 3.05) is 13.2 Å². The summed E-state index contributed by atoms with van der Waals surface area (Å²) in [4.78, 5) is 12.4. The third-order valence-corrected chi connectivity index (χ3v) is 6.16. The maximum Gasteiger partial charge on any atom is 0.313 e. The quantitative estimate of drug-likeness (QED) is 0.313. The van der Waals surface area contributed by atoms with Gasteiger partial charge >= 0.3 is 5.97 Å². The van der Waals surface area contributed by atoms with Crippen molar-refractivity contribution >= 4 is 5.97 Å². The molecule has 0 radical (unpaired) electrons. The fraction of sp³-hybridized carbons (Fsp3) is 0.500. The second-order valence-electron chi connectivity index (χ2n) is 9.32. The Bertz CT molecular complexity index is 976. The molecule has 1 atom stereocenters. The van der Waals surface area contributed by atoms with Crippen LogP contribution in [0.1, 0.15) is 93.5 Å². The van der Waals surface area contributed by atoms with E-state index in [0.29, 0.717) is 12.5 Å². The van der Waals surface area contributed by atoms with Gasteiger partial charge < -0.3 is 9.47 Å². The summed E-state index contributed by atoms with van der Waals surface area (Å²) >= 11 is 0. The Hall–Kier alpha value is -2.73. The molecular formula is C30H38O3. The standard InChI is InChI=1S/C30H38O3/c1-5-9-28(30(31)32-6-2)24-16-13-23(14-17-24)15-18-26-20-27-12-8-19-33-29(27)21-25(26)11-7-10-22(3)4/h13-14,16-17,20-22,28H,5-12,19H2,1-4H3. The Morgan fingerprint density at radius 1 is 1.09 bits per heavy atom. The van der Waals surface area contributed by atoms with E-state index in [9.17, 15) is 4.79 Å². The average molecular weight is 447 g/mol. The predicted octanol–water partition coefficient (Wildman–Crippen LogP) is 6.84. The number of esters is 1. The molecule has 3 nitrogen and oxygen atoms in total. The molecule has 1 aliphatic rings. The van der Waals surface area contributed by atoms with Gasteiger partial charge in [0, 0.05) is 11.1 Å². The monoisotopic (exact) mass is 446 g/mol. The summed E-state index contributed by atoms with van der Waals surface area (Å²) in [6, 6.07) is 12.5. The number of hydrogen-bond donors (Lipinski definition) is 0. The summed E-state index contributed by atoms with van der Waals surface area (Å²) in [6.07, 6.45) is 7.24. The highest BCUT2D eigenvalue weighted by Gasteiger charge is 2.20. The second kappa shape index (κ2) is 12.5. The Morgan fingerprint density at radius 2 is 1.88 bits per heavy atom. The highest BCUT2D eigenvalue weighted by Crippen LogP contribution is 2.29. The van der Waals surface area contributed by atoms with Crippen LogP contribution in [0.15, 0.2) is 36.4 Å². The van der Waals surface area contributed by atoms with Gasteiger partial charge in [-0.25, -0.2) is 0 Å². The van der Waals surface area contributed by atoms with Gasteiger partial charge in [-0.15, -0.1) is 0 Å². The Kier molecular flexibility index (Phi) is 9.43. The highest BCUT2D eigenvalue weighted by atomic mass is 16.5. The van der Waals surface area contributed by atoms with Crippen molar-refractivity contribution in [3.8, 4) is 17.6 Å². The number of carbonyl (C=O) groups excluding carboxylic acids is 1. The van der Waals surface area contributed by atoms with Crippen LogP contribution in [0.2, 0.25) is 0 Å². The molecule has 0 aliphatic carbocycles. The number of hydrogen-bond acceptors (Lipinski definition) is 3. The first-order chi connectivity index (χ1) is 16.0. The third-order valence-electron chi connectivity index (χ3n) is 6.16. The first kappa shape index (κ1) is 24.9. The molecule has 0 aromatic heterocycles. The zero-order chi connectivity index (χ0) is 23.6. The van der Waals surface area contributed by atoms with Crippen molar-refractivity contribution in [2.24, 2.45) is 5.92 Å². The third kappa shape index (κ3) is 7.13. The van der Waals surface area contributed by atoms with Crippen molar-refractivity contribution in [3.63, 3.8) is 0 Å². The zero-order valence-corrected chi connectivity index (χ0v) is 20.7. The Labute approximate surface area is 199 Å². The maximum atomic E-state index is 12.4. The zero-order valence-electron chi connectivity index (χ0n) is 20.7. The summed E-state index contributed by atoms with van der Waals surface area (Å²) < 4.78 is 11.2. The molecule has 0 N–H and O–H groups in total. The fourth-order valence-electron chi connectivity index (χ4n) is 4.36. The molecule has 0 bridgehead atoms. The predicted molar refractivity (Wildman–Crippen MR) is 135 cm³/mol. The first-order valence-corrected chi connectivity index (χ1v) is 12.6. The molecule has 0 amide bonds. The molecule has 176 valence electrons. The SMILES string of the molecule is CCCC(C(=O)OCC)c1ccc(C#Cc2cc3c(cc2CCCC(C)C)OCCC3)cc1. The van der Waals surface area contributed by atoms with Gasteiger partial charge in [0.2, 0.25) is 0 Å². The Morgan fingerprint density at radius 3 is 2.58 bits per heavy atom. The van der Waals surface area contributed by atoms with Crippen LogP contribution < -0.4 is 4.74 Å².